The molecule has 0 aliphatic rings. The number of benzene rings is 1. The number of thioether (sulfide) groups is 1. The van der Waals surface area contributed by atoms with Crippen LogP contribution in [0.15, 0.2) is 45.1 Å². The van der Waals surface area contributed by atoms with E-state index in [0.29, 0.717) is 12.3 Å². The summed E-state index contributed by atoms with van der Waals surface area (Å²) in [5.41, 5.74) is 0.768. The van der Waals surface area contributed by atoms with Crippen LogP contribution in [0.5, 0.6) is 0 Å². The fourth-order valence-electron chi connectivity index (χ4n) is 2.08. The van der Waals surface area contributed by atoms with Gasteiger partial charge >= 0.3 is 0 Å². The molecule has 120 valence electrons. The lowest BCUT2D eigenvalue weighted by Gasteiger charge is -2.14. The molecule has 1 atom stereocenters. The Kier molecular flexibility index (Phi) is 7.12. The number of likely N-dealkylation sites (N-methyl/N-ethyl adjacent to an activating group) is 1. The van der Waals surface area contributed by atoms with Gasteiger partial charge in [0.25, 0.3) is 5.91 Å². The minimum Gasteiger partial charge on any atom is -0.325 e. The third kappa shape index (κ3) is 5.99. The van der Waals surface area contributed by atoms with Gasteiger partial charge in [0, 0.05) is 4.90 Å². The lowest BCUT2D eigenvalue weighted by molar-refractivity contribution is -0.884. The van der Waals surface area contributed by atoms with Gasteiger partial charge in [-0.15, -0.1) is 23.1 Å². The number of nitrogens with one attached hydrogen (secondary N) is 2. The number of para-hydroxylation sites is 1. The van der Waals surface area contributed by atoms with E-state index in [9.17, 15) is 4.79 Å². The monoisotopic (exact) mass is 410 g/mol. The van der Waals surface area contributed by atoms with E-state index < -0.39 is 0 Å². The van der Waals surface area contributed by atoms with Crippen molar-refractivity contribution in [2.24, 2.45) is 0 Å². The zero-order valence-electron chi connectivity index (χ0n) is 12.6. The fraction of sp³-hybridized carbons (Fsp3) is 0.250. The zero-order chi connectivity index (χ0) is 16.7. The van der Waals surface area contributed by atoms with Crippen molar-refractivity contribution in [2.75, 3.05) is 24.7 Å². The van der Waals surface area contributed by atoms with Crippen LogP contribution >= 0.6 is 39.0 Å². The SMILES string of the molecule is C[NH+](CC(=O)Nc1ccccc1SCC#N)Cc1ccc(Br)s1. The van der Waals surface area contributed by atoms with Crippen LogP contribution in [0.3, 0.4) is 0 Å². The number of amides is 1. The summed E-state index contributed by atoms with van der Waals surface area (Å²) in [7, 11) is 2.00. The van der Waals surface area contributed by atoms with Gasteiger partial charge in [-0.25, -0.2) is 0 Å². The predicted molar refractivity (Wildman–Crippen MR) is 98.9 cm³/mol. The van der Waals surface area contributed by atoms with Gasteiger partial charge in [-0.1, -0.05) is 12.1 Å². The molecule has 23 heavy (non-hydrogen) atoms. The Morgan fingerprint density at radius 3 is 2.87 bits per heavy atom. The number of carbonyl (C=O) groups excluding carboxylic acids is 1. The number of carbonyl (C=O) groups is 1. The van der Waals surface area contributed by atoms with Crippen molar-refractivity contribution >= 4 is 50.6 Å². The Labute approximate surface area is 152 Å². The number of halogens is 1. The Morgan fingerprint density at radius 1 is 1.39 bits per heavy atom. The van der Waals surface area contributed by atoms with Gasteiger partial charge < -0.3 is 10.2 Å². The van der Waals surface area contributed by atoms with Crippen molar-refractivity contribution in [3.8, 4) is 6.07 Å². The van der Waals surface area contributed by atoms with Crippen molar-refractivity contribution in [3.63, 3.8) is 0 Å². The Morgan fingerprint density at radius 2 is 2.17 bits per heavy atom. The molecule has 1 amide bonds. The van der Waals surface area contributed by atoms with Crippen LogP contribution in [0.1, 0.15) is 4.88 Å². The lowest BCUT2D eigenvalue weighted by atomic mass is 10.3. The molecule has 1 aromatic heterocycles. The standard InChI is InChI=1S/C16H16BrN3OS2/c1-20(10-12-6-7-15(17)23-12)11-16(21)19-13-4-2-3-5-14(13)22-9-8-18/h2-7H,9-11H2,1H3,(H,19,21)/p+1. The molecule has 2 N–H and O–H groups in total. The minimum atomic E-state index is -0.0249. The van der Waals surface area contributed by atoms with Crippen molar-refractivity contribution in [3.05, 3.63) is 45.1 Å². The molecule has 0 radical (unpaired) electrons. The van der Waals surface area contributed by atoms with Gasteiger partial charge in [0.15, 0.2) is 6.54 Å². The third-order valence-electron chi connectivity index (χ3n) is 3.02. The first-order valence-electron chi connectivity index (χ1n) is 7.02. The molecule has 0 spiro atoms. The quantitative estimate of drug-likeness (QED) is 0.689. The first-order chi connectivity index (χ1) is 11.1. The van der Waals surface area contributed by atoms with Gasteiger partial charge in [-0.3, -0.25) is 4.79 Å². The summed E-state index contributed by atoms with van der Waals surface area (Å²) < 4.78 is 1.10. The second-order valence-corrected chi connectivity index (χ2v) is 8.57. The maximum atomic E-state index is 12.2. The molecule has 0 bridgehead atoms. The number of thiophene rings is 1. The molecular formula is C16H17BrN3OS2+. The number of nitriles is 1. The second kappa shape index (κ2) is 9.08. The van der Waals surface area contributed by atoms with E-state index >= 15 is 0 Å². The minimum absolute atomic E-state index is 0.0249. The number of rotatable bonds is 7. The van der Waals surface area contributed by atoms with Gasteiger partial charge in [0.2, 0.25) is 0 Å². The van der Waals surface area contributed by atoms with Gasteiger partial charge in [0.05, 0.1) is 33.2 Å². The molecule has 0 aliphatic heterocycles. The Hall–Kier alpha value is -1.33. The van der Waals surface area contributed by atoms with Crippen molar-refractivity contribution in [1.82, 2.24) is 0 Å². The largest absolute Gasteiger partial charge is 0.325 e. The summed E-state index contributed by atoms with van der Waals surface area (Å²) in [4.78, 5) is 15.5. The maximum absolute atomic E-state index is 12.2. The van der Waals surface area contributed by atoms with Gasteiger partial charge in [-0.2, -0.15) is 5.26 Å². The van der Waals surface area contributed by atoms with Crippen molar-refractivity contribution in [2.45, 2.75) is 11.4 Å². The highest BCUT2D eigenvalue weighted by Gasteiger charge is 2.13. The molecule has 0 fully saturated rings. The summed E-state index contributed by atoms with van der Waals surface area (Å²) in [5.74, 6) is 0.341. The first-order valence-corrected chi connectivity index (χ1v) is 9.62. The zero-order valence-corrected chi connectivity index (χ0v) is 15.9. The predicted octanol–water partition coefficient (Wildman–Crippen LogP) is 2.78. The fourth-order valence-corrected chi connectivity index (χ4v) is 4.35. The average molecular weight is 411 g/mol. The van der Waals surface area contributed by atoms with E-state index in [1.54, 1.807) is 11.3 Å². The van der Waals surface area contributed by atoms with E-state index in [0.717, 1.165) is 25.8 Å². The first kappa shape index (κ1) is 18.0. The Bertz CT molecular complexity index is 711. The van der Waals surface area contributed by atoms with Crippen LogP contribution in [0, 0.1) is 11.3 Å². The van der Waals surface area contributed by atoms with Crippen LogP contribution in [-0.2, 0) is 11.3 Å². The lowest BCUT2D eigenvalue weighted by Crippen LogP contribution is -3.08. The molecule has 0 saturated heterocycles. The summed E-state index contributed by atoms with van der Waals surface area (Å²) in [6, 6.07) is 13.8. The average Bonchev–Trinajstić information content (AvgIpc) is 2.91. The van der Waals surface area contributed by atoms with Crippen molar-refractivity contribution < 1.29 is 9.69 Å². The Balaban J connectivity index is 1.90. The van der Waals surface area contributed by atoms with Crippen LogP contribution in [0.4, 0.5) is 5.69 Å². The van der Waals surface area contributed by atoms with E-state index in [1.807, 2.05) is 37.4 Å². The molecular weight excluding hydrogens is 394 g/mol. The molecule has 2 aromatic rings. The van der Waals surface area contributed by atoms with Crippen LogP contribution in [-0.4, -0.2) is 25.3 Å². The summed E-state index contributed by atoms with van der Waals surface area (Å²) >= 11 is 6.57. The van der Waals surface area contributed by atoms with E-state index in [2.05, 4.69) is 33.4 Å². The molecule has 1 aromatic carbocycles. The smallest absolute Gasteiger partial charge is 0.279 e. The van der Waals surface area contributed by atoms with E-state index in [4.69, 9.17) is 5.26 Å². The topological polar surface area (TPSA) is 57.3 Å². The van der Waals surface area contributed by atoms with Crippen LogP contribution in [0.25, 0.3) is 0 Å². The molecule has 1 unspecified atom stereocenters. The number of hydrogen-bond acceptors (Lipinski definition) is 4. The highest BCUT2D eigenvalue weighted by Crippen LogP contribution is 2.26. The normalized spacial score (nSPS) is 11.7. The van der Waals surface area contributed by atoms with Crippen LogP contribution < -0.4 is 10.2 Å². The maximum Gasteiger partial charge on any atom is 0.279 e. The number of nitrogens with zero attached hydrogens (tertiary/aromatic N) is 1. The summed E-state index contributed by atoms with van der Waals surface area (Å²) in [5, 5.41) is 11.6. The number of anilines is 1. The van der Waals surface area contributed by atoms with Crippen molar-refractivity contribution in [1.29, 1.82) is 5.26 Å². The molecule has 0 aliphatic carbocycles. The molecule has 0 saturated carbocycles. The van der Waals surface area contributed by atoms with E-state index in [-0.39, 0.29) is 5.91 Å². The van der Waals surface area contributed by atoms with Gasteiger partial charge in [-0.05, 0) is 40.2 Å². The van der Waals surface area contributed by atoms with E-state index in [1.165, 1.54) is 16.6 Å². The molecule has 1 heterocycles. The number of quaternary nitrogens is 1. The summed E-state index contributed by atoms with van der Waals surface area (Å²) in [6.45, 7) is 1.21. The molecule has 7 heteroatoms. The highest BCUT2D eigenvalue weighted by molar-refractivity contribution is 9.11. The second-order valence-electron chi connectivity index (χ2n) is 5.01. The molecule has 2 rings (SSSR count). The third-order valence-corrected chi connectivity index (χ3v) is 5.58. The van der Waals surface area contributed by atoms with Gasteiger partial charge in [0.1, 0.15) is 6.54 Å². The molecule has 4 nitrogen and oxygen atoms in total. The van der Waals surface area contributed by atoms with Crippen LogP contribution in [0.2, 0.25) is 0 Å². The number of hydrogen-bond donors (Lipinski definition) is 2. The summed E-state index contributed by atoms with van der Waals surface area (Å²) in [6.07, 6.45) is 0. The highest BCUT2D eigenvalue weighted by atomic mass is 79.9.